The van der Waals surface area contributed by atoms with E-state index in [0.29, 0.717) is 5.69 Å². The lowest BCUT2D eigenvalue weighted by Crippen LogP contribution is -2.22. The Morgan fingerprint density at radius 3 is 2.67 bits per heavy atom. The summed E-state index contributed by atoms with van der Waals surface area (Å²) in [5.74, 6) is 0. The molecule has 0 bridgehead atoms. The zero-order valence-corrected chi connectivity index (χ0v) is 11.7. The van der Waals surface area contributed by atoms with Crippen molar-refractivity contribution in [2.45, 2.75) is 19.4 Å². The maximum absolute atomic E-state index is 11.0. The Labute approximate surface area is 123 Å². The zero-order chi connectivity index (χ0) is 14.8. The number of nitro groups is 1. The average Bonchev–Trinajstić information content (AvgIpc) is 2.68. The van der Waals surface area contributed by atoms with Crippen LogP contribution in [0.5, 0.6) is 0 Å². The molecule has 0 amide bonds. The molecule has 0 atom stereocenters. The van der Waals surface area contributed by atoms with Gasteiger partial charge < -0.3 is 10.6 Å². The second-order valence-corrected chi connectivity index (χ2v) is 5.33. The molecular formula is C16H17N3O2. The van der Waals surface area contributed by atoms with Gasteiger partial charge in [0.2, 0.25) is 0 Å². The van der Waals surface area contributed by atoms with E-state index < -0.39 is 4.92 Å². The number of hydrogen-bond acceptors (Lipinski definition) is 4. The van der Waals surface area contributed by atoms with E-state index in [-0.39, 0.29) is 5.69 Å². The van der Waals surface area contributed by atoms with Gasteiger partial charge >= 0.3 is 0 Å². The molecule has 0 unspecified atom stereocenters. The minimum atomic E-state index is -0.397. The van der Waals surface area contributed by atoms with Gasteiger partial charge in [-0.25, -0.2) is 0 Å². The zero-order valence-electron chi connectivity index (χ0n) is 11.7. The Balaban J connectivity index is 1.95. The fourth-order valence-electron chi connectivity index (χ4n) is 2.83. The van der Waals surface area contributed by atoms with Crippen LogP contribution in [0.1, 0.15) is 17.5 Å². The summed E-state index contributed by atoms with van der Waals surface area (Å²) < 4.78 is 0. The molecule has 0 aromatic heterocycles. The highest BCUT2D eigenvalue weighted by Gasteiger charge is 2.17. The van der Waals surface area contributed by atoms with Crippen LogP contribution in [0.15, 0.2) is 42.5 Å². The summed E-state index contributed by atoms with van der Waals surface area (Å²) in [6, 6.07) is 13.2. The van der Waals surface area contributed by atoms with Crippen LogP contribution in [-0.4, -0.2) is 11.5 Å². The Hall–Kier alpha value is -2.56. The molecule has 3 rings (SSSR count). The number of anilines is 2. The highest BCUT2D eigenvalue weighted by Crippen LogP contribution is 2.29. The van der Waals surface area contributed by atoms with E-state index in [4.69, 9.17) is 5.73 Å². The fraction of sp³-hybridized carbons (Fsp3) is 0.250. The van der Waals surface area contributed by atoms with Gasteiger partial charge in [-0.2, -0.15) is 0 Å². The molecule has 21 heavy (non-hydrogen) atoms. The van der Waals surface area contributed by atoms with Gasteiger partial charge in [0, 0.05) is 36.6 Å². The monoisotopic (exact) mass is 283 g/mol. The largest absolute Gasteiger partial charge is 0.398 e. The molecule has 0 radical (unpaired) electrons. The van der Waals surface area contributed by atoms with E-state index in [1.54, 1.807) is 12.1 Å². The third-order valence-corrected chi connectivity index (χ3v) is 3.85. The summed E-state index contributed by atoms with van der Waals surface area (Å²) in [6.45, 7) is 1.63. The summed E-state index contributed by atoms with van der Waals surface area (Å²) in [5, 5.41) is 11.0. The third kappa shape index (κ3) is 2.81. The highest BCUT2D eigenvalue weighted by atomic mass is 16.6. The quantitative estimate of drug-likeness (QED) is 0.522. The molecule has 2 N–H and O–H groups in total. The van der Waals surface area contributed by atoms with Gasteiger partial charge in [0.1, 0.15) is 0 Å². The number of nitro benzene ring substituents is 1. The standard InChI is InChI=1S/C16H17N3O2/c17-14-8-15(10-16(9-14)19(20)21)18-7-3-6-12-4-1-2-5-13(12)11-18/h1-2,4-5,8-10H,3,6-7,11,17H2. The number of aryl methyl sites for hydroxylation is 1. The molecule has 0 aliphatic carbocycles. The molecule has 0 spiro atoms. The Kier molecular flexibility index (Phi) is 3.48. The van der Waals surface area contributed by atoms with Gasteiger partial charge in [-0.05, 0) is 30.0 Å². The lowest BCUT2D eigenvalue weighted by molar-refractivity contribution is -0.384. The van der Waals surface area contributed by atoms with E-state index in [1.165, 1.54) is 17.2 Å². The summed E-state index contributed by atoms with van der Waals surface area (Å²) in [7, 11) is 0. The number of nitrogen functional groups attached to an aromatic ring is 1. The lowest BCUT2D eigenvalue weighted by Gasteiger charge is -2.23. The average molecular weight is 283 g/mol. The van der Waals surface area contributed by atoms with Crippen molar-refractivity contribution >= 4 is 17.1 Å². The van der Waals surface area contributed by atoms with Crippen molar-refractivity contribution in [3.8, 4) is 0 Å². The van der Waals surface area contributed by atoms with Gasteiger partial charge in [-0.15, -0.1) is 0 Å². The summed E-state index contributed by atoms with van der Waals surface area (Å²) >= 11 is 0. The maximum Gasteiger partial charge on any atom is 0.273 e. The number of non-ortho nitro benzene ring substituents is 1. The van der Waals surface area contributed by atoms with Crippen LogP contribution < -0.4 is 10.6 Å². The number of nitrogens with zero attached hydrogens (tertiary/aromatic N) is 2. The Morgan fingerprint density at radius 2 is 1.90 bits per heavy atom. The van der Waals surface area contributed by atoms with Crippen molar-refractivity contribution < 1.29 is 4.92 Å². The van der Waals surface area contributed by atoms with Crippen LogP contribution in [0.3, 0.4) is 0 Å². The van der Waals surface area contributed by atoms with Crippen molar-refractivity contribution in [1.82, 2.24) is 0 Å². The lowest BCUT2D eigenvalue weighted by atomic mass is 10.0. The van der Waals surface area contributed by atoms with Crippen molar-refractivity contribution in [2.24, 2.45) is 0 Å². The van der Waals surface area contributed by atoms with Crippen LogP contribution in [0, 0.1) is 10.1 Å². The normalized spacial score (nSPS) is 14.4. The third-order valence-electron chi connectivity index (χ3n) is 3.85. The Bertz CT molecular complexity index is 685. The molecule has 108 valence electrons. The van der Waals surface area contributed by atoms with Crippen molar-refractivity contribution in [3.05, 3.63) is 63.7 Å². The molecule has 0 fully saturated rings. The van der Waals surface area contributed by atoms with Crippen LogP contribution in [0.25, 0.3) is 0 Å². The minimum absolute atomic E-state index is 0.0440. The van der Waals surface area contributed by atoms with Crippen molar-refractivity contribution in [2.75, 3.05) is 17.2 Å². The number of benzene rings is 2. The van der Waals surface area contributed by atoms with E-state index in [2.05, 4.69) is 23.1 Å². The second kappa shape index (κ2) is 5.44. The Morgan fingerprint density at radius 1 is 1.14 bits per heavy atom. The molecule has 1 aliphatic rings. The molecule has 5 heteroatoms. The first-order valence-electron chi connectivity index (χ1n) is 7.00. The number of hydrogen-bond donors (Lipinski definition) is 1. The molecular weight excluding hydrogens is 266 g/mol. The molecule has 1 aliphatic heterocycles. The topological polar surface area (TPSA) is 72.4 Å². The van der Waals surface area contributed by atoms with E-state index in [9.17, 15) is 10.1 Å². The van der Waals surface area contributed by atoms with Crippen LogP contribution in [0.2, 0.25) is 0 Å². The fourth-order valence-corrected chi connectivity index (χ4v) is 2.83. The van der Waals surface area contributed by atoms with Crippen molar-refractivity contribution in [1.29, 1.82) is 0 Å². The molecule has 0 saturated carbocycles. The van der Waals surface area contributed by atoms with Crippen LogP contribution in [-0.2, 0) is 13.0 Å². The maximum atomic E-state index is 11.0. The predicted molar refractivity (Wildman–Crippen MR) is 83.3 cm³/mol. The summed E-state index contributed by atoms with van der Waals surface area (Å²) in [4.78, 5) is 12.8. The van der Waals surface area contributed by atoms with Crippen LogP contribution >= 0.6 is 0 Å². The second-order valence-electron chi connectivity index (χ2n) is 5.33. The van der Waals surface area contributed by atoms with Gasteiger partial charge in [-0.1, -0.05) is 24.3 Å². The van der Waals surface area contributed by atoms with E-state index in [1.807, 2.05) is 6.07 Å². The molecule has 2 aromatic rings. The summed E-state index contributed by atoms with van der Waals surface area (Å²) in [6.07, 6.45) is 2.07. The molecule has 5 nitrogen and oxygen atoms in total. The van der Waals surface area contributed by atoms with Gasteiger partial charge in [-0.3, -0.25) is 10.1 Å². The first-order valence-corrected chi connectivity index (χ1v) is 7.00. The molecule has 0 saturated heterocycles. The first kappa shape index (κ1) is 13.4. The van der Waals surface area contributed by atoms with Gasteiger partial charge in [0.05, 0.1) is 4.92 Å². The van der Waals surface area contributed by atoms with E-state index >= 15 is 0 Å². The number of rotatable bonds is 2. The predicted octanol–water partition coefficient (Wildman–Crippen LogP) is 3.13. The highest BCUT2D eigenvalue weighted by molar-refractivity contribution is 5.63. The molecule has 2 aromatic carbocycles. The van der Waals surface area contributed by atoms with Gasteiger partial charge in [0.25, 0.3) is 5.69 Å². The first-order chi connectivity index (χ1) is 10.1. The van der Waals surface area contributed by atoms with Crippen molar-refractivity contribution in [3.63, 3.8) is 0 Å². The number of nitrogens with two attached hydrogens (primary N) is 1. The summed E-state index contributed by atoms with van der Waals surface area (Å²) in [5.41, 5.74) is 9.73. The SMILES string of the molecule is Nc1cc(N2CCCc3ccccc3C2)cc([N+](=O)[O-])c1. The van der Waals surface area contributed by atoms with Crippen LogP contribution in [0.4, 0.5) is 17.1 Å². The van der Waals surface area contributed by atoms with Gasteiger partial charge in [0.15, 0.2) is 0 Å². The van der Waals surface area contributed by atoms with E-state index in [0.717, 1.165) is 31.6 Å². The number of fused-ring (bicyclic) bond motifs is 1. The molecule has 1 heterocycles. The smallest absolute Gasteiger partial charge is 0.273 e. The minimum Gasteiger partial charge on any atom is -0.398 e.